The number of hydrogen-bond donors (Lipinski definition) is 1. The standard InChI is InChI=1S/C15H21N3O3/c1-18(12-6-4-11(10-19)5-7-12)9-14-16-15(17-21-14)13-3-2-8-20-13/h2-3,8,11-12,19H,4-7,9-10H2,1H3. The quantitative estimate of drug-likeness (QED) is 0.911. The van der Waals surface area contributed by atoms with Crippen LogP contribution in [0.4, 0.5) is 0 Å². The van der Waals surface area contributed by atoms with Crippen LogP contribution in [0.3, 0.4) is 0 Å². The minimum absolute atomic E-state index is 0.312. The van der Waals surface area contributed by atoms with Gasteiger partial charge in [-0.25, -0.2) is 0 Å². The van der Waals surface area contributed by atoms with Crippen LogP contribution >= 0.6 is 0 Å². The first kappa shape index (κ1) is 14.3. The molecule has 0 spiro atoms. The molecule has 6 nitrogen and oxygen atoms in total. The summed E-state index contributed by atoms with van der Waals surface area (Å²) in [6.07, 6.45) is 6.00. The molecule has 1 N–H and O–H groups in total. The third kappa shape index (κ3) is 3.33. The third-order valence-electron chi connectivity index (χ3n) is 4.29. The van der Waals surface area contributed by atoms with Gasteiger partial charge in [0.2, 0.25) is 11.7 Å². The molecule has 0 amide bonds. The summed E-state index contributed by atoms with van der Waals surface area (Å²) in [4.78, 5) is 6.62. The van der Waals surface area contributed by atoms with E-state index < -0.39 is 0 Å². The van der Waals surface area contributed by atoms with Crippen molar-refractivity contribution in [3.05, 3.63) is 24.3 Å². The topological polar surface area (TPSA) is 75.5 Å². The van der Waals surface area contributed by atoms with Gasteiger partial charge in [-0.15, -0.1) is 0 Å². The van der Waals surface area contributed by atoms with Crippen molar-refractivity contribution in [2.45, 2.75) is 38.3 Å². The minimum Gasteiger partial charge on any atom is -0.461 e. The summed E-state index contributed by atoms with van der Waals surface area (Å²) < 4.78 is 10.5. The lowest BCUT2D eigenvalue weighted by Gasteiger charge is -2.33. The summed E-state index contributed by atoms with van der Waals surface area (Å²) >= 11 is 0. The first-order chi connectivity index (χ1) is 10.3. The highest BCUT2D eigenvalue weighted by Crippen LogP contribution is 2.27. The van der Waals surface area contributed by atoms with E-state index in [0.717, 1.165) is 25.7 Å². The molecule has 1 saturated carbocycles. The summed E-state index contributed by atoms with van der Waals surface area (Å²) in [5.74, 6) is 2.19. The van der Waals surface area contributed by atoms with Crippen LogP contribution in [-0.2, 0) is 6.54 Å². The molecule has 1 aliphatic carbocycles. The van der Waals surface area contributed by atoms with Gasteiger partial charge in [0.15, 0.2) is 5.76 Å². The Morgan fingerprint density at radius 2 is 2.14 bits per heavy atom. The maximum absolute atomic E-state index is 9.19. The lowest BCUT2D eigenvalue weighted by Crippen LogP contribution is -2.35. The minimum atomic E-state index is 0.312. The van der Waals surface area contributed by atoms with E-state index in [-0.39, 0.29) is 0 Å². The van der Waals surface area contributed by atoms with Crippen LogP contribution in [-0.4, -0.2) is 39.8 Å². The van der Waals surface area contributed by atoms with Crippen LogP contribution < -0.4 is 0 Å². The molecule has 3 rings (SSSR count). The van der Waals surface area contributed by atoms with Crippen molar-refractivity contribution in [3.8, 4) is 11.6 Å². The molecule has 0 atom stereocenters. The predicted molar refractivity (Wildman–Crippen MR) is 76.3 cm³/mol. The molecular weight excluding hydrogens is 270 g/mol. The summed E-state index contributed by atoms with van der Waals surface area (Å²) in [6.45, 7) is 0.953. The molecule has 2 heterocycles. The Morgan fingerprint density at radius 1 is 1.33 bits per heavy atom. The number of rotatable bonds is 5. The van der Waals surface area contributed by atoms with Crippen LogP contribution in [0.15, 0.2) is 27.3 Å². The van der Waals surface area contributed by atoms with Gasteiger partial charge < -0.3 is 14.0 Å². The van der Waals surface area contributed by atoms with Crippen LogP contribution in [0, 0.1) is 5.92 Å². The smallest absolute Gasteiger partial charge is 0.241 e. The first-order valence-electron chi connectivity index (χ1n) is 7.44. The average molecular weight is 291 g/mol. The Hall–Kier alpha value is -1.66. The lowest BCUT2D eigenvalue weighted by atomic mass is 9.86. The van der Waals surface area contributed by atoms with E-state index in [0.29, 0.717) is 42.6 Å². The molecule has 6 heteroatoms. The lowest BCUT2D eigenvalue weighted by molar-refractivity contribution is 0.116. The fourth-order valence-corrected chi connectivity index (χ4v) is 2.94. The van der Waals surface area contributed by atoms with E-state index in [2.05, 4.69) is 22.1 Å². The molecule has 0 aliphatic heterocycles. The Bertz CT molecular complexity index is 544. The maximum Gasteiger partial charge on any atom is 0.241 e. The van der Waals surface area contributed by atoms with Crippen LogP contribution in [0.5, 0.6) is 0 Å². The van der Waals surface area contributed by atoms with Crippen LogP contribution in [0.25, 0.3) is 11.6 Å². The van der Waals surface area contributed by atoms with Gasteiger partial charge in [-0.1, -0.05) is 5.16 Å². The zero-order valence-corrected chi connectivity index (χ0v) is 12.2. The Balaban J connectivity index is 1.57. The van der Waals surface area contributed by atoms with E-state index in [1.54, 1.807) is 12.3 Å². The van der Waals surface area contributed by atoms with Crippen molar-refractivity contribution in [1.29, 1.82) is 0 Å². The first-order valence-corrected chi connectivity index (χ1v) is 7.44. The number of aliphatic hydroxyl groups excluding tert-OH is 1. The molecule has 1 aliphatic rings. The Morgan fingerprint density at radius 3 is 2.81 bits per heavy atom. The maximum atomic E-state index is 9.19. The second-order valence-electron chi connectivity index (χ2n) is 5.76. The number of furan rings is 1. The van der Waals surface area contributed by atoms with E-state index in [1.807, 2.05) is 6.07 Å². The largest absolute Gasteiger partial charge is 0.461 e. The van der Waals surface area contributed by atoms with Gasteiger partial charge in [0.05, 0.1) is 12.8 Å². The highest BCUT2D eigenvalue weighted by atomic mass is 16.5. The van der Waals surface area contributed by atoms with Crippen molar-refractivity contribution in [2.75, 3.05) is 13.7 Å². The zero-order chi connectivity index (χ0) is 14.7. The van der Waals surface area contributed by atoms with Crippen molar-refractivity contribution in [2.24, 2.45) is 5.92 Å². The summed E-state index contributed by atoms with van der Waals surface area (Å²) in [5.41, 5.74) is 0. The highest BCUT2D eigenvalue weighted by molar-refractivity contribution is 5.44. The molecule has 0 aromatic carbocycles. The fraction of sp³-hybridized carbons (Fsp3) is 0.600. The molecule has 2 aromatic heterocycles. The van der Waals surface area contributed by atoms with Gasteiger partial charge in [-0.2, -0.15) is 4.98 Å². The molecule has 21 heavy (non-hydrogen) atoms. The second kappa shape index (κ2) is 6.41. The number of aromatic nitrogens is 2. The van der Waals surface area contributed by atoms with Gasteiger partial charge in [-0.3, -0.25) is 4.90 Å². The SMILES string of the molecule is CN(Cc1nc(-c2ccco2)no1)C1CCC(CO)CC1. The number of hydrogen-bond acceptors (Lipinski definition) is 6. The molecule has 2 aromatic rings. The van der Waals surface area contributed by atoms with Gasteiger partial charge in [-0.05, 0) is 50.8 Å². The molecule has 0 bridgehead atoms. The van der Waals surface area contributed by atoms with Gasteiger partial charge in [0.1, 0.15) is 0 Å². The molecule has 114 valence electrons. The normalized spacial score (nSPS) is 22.8. The summed E-state index contributed by atoms with van der Waals surface area (Å²) in [7, 11) is 2.08. The van der Waals surface area contributed by atoms with E-state index in [9.17, 15) is 5.11 Å². The predicted octanol–water partition coefficient (Wildman–Crippen LogP) is 2.31. The van der Waals surface area contributed by atoms with Crippen molar-refractivity contribution in [1.82, 2.24) is 15.0 Å². The molecule has 0 radical (unpaired) electrons. The third-order valence-corrected chi connectivity index (χ3v) is 4.29. The fourth-order valence-electron chi connectivity index (χ4n) is 2.94. The molecule has 0 unspecified atom stereocenters. The number of nitrogens with zero attached hydrogens (tertiary/aromatic N) is 3. The van der Waals surface area contributed by atoms with Crippen molar-refractivity contribution >= 4 is 0 Å². The van der Waals surface area contributed by atoms with Crippen LogP contribution in [0.2, 0.25) is 0 Å². The summed E-state index contributed by atoms with van der Waals surface area (Å²) in [5, 5.41) is 13.1. The molecule has 1 fully saturated rings. The van der Waals surface area contributed by atoms with Gasteiger partial charge >= 0.3 is 0 Å². The zero-order valence-electron chi connectivity index (χ0n) is 12.2. The monoisotopic (exact) mass is 291 g/mol. The average Bonchev–Trinajstić information content (AvgIpc) is 3.18. The van der Waals surface area contributed by atoms with Crippen LogP contribution in [0.1, 0.15) is 31.6 Å². The van der Waals surface area contributed by atoms with Crippen molar-refractivity contribution in [3.63, 3.8) is 0 Å². The summed E-state index contributed by atoms with van der Waals surface area (Å²) in [6, 6.07) is 4.14. The van der Waals surface area contributed by atoms with E-state index >= 15 is 0 Å². The van der Waals surface area contributed by atoms with Crippen molar-refractivity contribution < 1.29 is 14.0 Å². The van der Waals surface area contributed by atoms with E-state index in [1.165, 1.54) is 0 Å². The molecular formula is C15H21N3O3. The van der Waals surface area contributed by atoms with Gasteiger partial charge in [0, 0.05) is 12.6 Å². The second-order valence-corrected chi connectivity index (χ2v) is 5.76. The van der Waals surface area contributed by atoms with Gasteiger partial charge in [0.25, 0.3) is 0 Å². The Labute approximate surface area is 123 Å². The number of aliphatic hydroxyl groups is 1. The Kier molecular flexibility index (Phi) is 4.36. The van der Waals surface area contributed by atoms with E-state index in [4.69, 9.17) is 8.94 Å². The molecule has 0 saturated heterocycles. The highest BCUT2D eigenvalue weighted by Gasteiger charge is 2.24.